The number of aromatic nitrogens is 6. The van der Waals surface area contributed by atoms with Gasteiger partial charge in [0.2, 0.25) is 0 Å². The van der Waals surface area contributed by atoms with Crippen LogP contribution in [0.5, 0.6) is 11.5 Å². The smallest absolute Gasteiger partial charge is 0.256 e. The number of halogens is 1. The van der Waals surface area contributed by atoms with Crippen LogP contribution in [0.1, 0.15) is 29.9 Å². The number of aryl methyl sites for hydroxylation is 1. The van der Waals surface area contributed by atoms with Gasteiger partial charge in [-0.25, -0.2) is 14.6 Å². The van der Waals surface area contributed by atoms with Gasteiger partial charge in [0.25, 0.3) is 5.91 Å². The van der Waals surface area contributed by atoms with Crippen molar-refractivity contribution >= 4 is 34.4 Å². The van der Waals surface area contributed by atoms with E-state index in [1.165, 1.54) is 6.33 Å². The van der Waals surface area contributed by atoms with Crippen molar-refractivity contribution in [3.8, 4) is 23.0 Å². The van der Waals surface area contributed by atoms with Crippen molar-refractivity contribution in [1.29, 1.82) is 0 Å². The minimum absolute atomic E-state index is 0.327. The molecule has 2 aromatic carbocycles. The first-order chi connectivity index (χ1) is 18.0. The van der Waals surface area contributed by atoms with Crippen LogP contribution < -0.4 is 14.8 Å². The zero-order chi connectivity index (χ0) is 25.9. The number of fused-ring (bicyclic) bond motifs is 1. The quantitative estimate of drug-likeness (QED) is 0.308. The van der Waals surface area contributed by atoms with E-state index in [-0.39, 0.29) is 5.91 Å². The molecular formula is C26H24ClN7O3. The number of carbonyl (C=O) groups is 1. The van der Waals surface area contributed by atoms with Gasteiger partial charge in [0.15, 0.2) is 23.0 Å². The molecule has 0 aliphatic carbocycles. The van der Waals surface area contributed by atoms with Gasteiger partial charge in [-0.3, -0.25) is 4.79 Å². The van der Waals surface area contributed by atoms with E-state index < -0.39 is 0 Å². The monoisotopic (exact) mass is 517 g/mol. The lowest BCUT2D eigenvalue weighted by molar-refractivity contribution is 0.102. The summed E-state index contributed by atoms with van der Waals surface area (Å²) >= 11 is 6.03. The van der Waals surface area contributed by atoms with E-state index in [9.17, 15) is 4.79 Å². The van der Waals surface area contributed by atoms with E-state index in [0.717, 1.165) is 5.69 Å². The number of hydrogen-bond acceptors (Lipinski definition) is 7. The second-order valence-corrected chi connectivity index (χ2v) is 8.47. The van der Waals surface area contributed by atoms with Crippen LogP contribution in [0.3, 0.4) is 0 Å². The van der Waals surface area contributed by atoms with Gasteiger partial charge in [-0.2, -0.15) is 14.9 Å². The van der Waals surface area contributed by atoms with Gasteiger partial charge in [-0.05, 0) is 63.2 Å². The standard InChI is InChI=1S/C26H24ClN7O3/c1-4-36-21-11-6-17(13-22(21)37-5-2)26(35)31-23-12-16(3)32-34(23)25-20-14-30-33(24(20)28-15-29-25)19-9-7-18(27)8-10-19/h6-15H,4-5H2,1-3H3,(H,31,35). The number of nitrogens with one attached hydrogen (secondary N) is 1. The molecule has 1 amide bonds. The summed E-state index contributed by atoms with van der Waals surface area (Å²) in [6.07, 6.45) is 3.11. The lowest BCUT2D eigenvalue weighted by atomic mass is 10.2. The average Bonchev–Trinajstić information content (AvgIpc) is 3.49. The third kappa shape index (κ3) is 4.83. The average molecular weight is 518 g/mol. The number of ether oxygens (including phenoxy) is 2. The summed E-state index contributed by atoms with van der Waals surface area (Å²) in [4.78, 5) is 22.1. The Morgan fingerprint density at radius 2 is 1.73 bits per heavy atom. The lowest BCUT2D eigenvalue weighted by Gasteiger charge is -2.13. The van der Waals surface area contributed by atoms with Crippen LogP contribution in [0.25, 0.3) is 22.5 Å². The van der Waals surface area contributed by atoms with Crippen LogP contribution in [-0.2, 0) is 0 Å². The molecule has 0 spiro atoms. The molecule has 5 aromatic rings. The van der Waals surface area contributed by atoms with Crippen LogP contribution in [0.4, 0.5) is 5.82 Å². The molecule has 5 rings (SSSR count). The second kappa shape index (κ2) is 10.3. The Balaban J connectivity index is 1.50. The molecule has 11 heteroatoms. The van der Waals surface area contributed by atoms with Gasteiger partial charge in [-0.15, -0.1) is 0 Å². The number of rotatable bonds is 8. The van der Waals surface area contributed by atoms with Crippen LogP contribution in [0.2, 0.25) is 5.02 Å². The number of anilines is 1. The van der Waals surface area contributed by atoms with Gasteiger partial charge in [0.1, 0.15) is 12.1 Å². The minimum atomic E-state index is -0.327. The minimum Gasteiger partial charge on any atom is -0.490 e. The van der Waals surface area contributed by atoms with Crippen molar-refractivity contribution in [2.45, 2.75) is 20.8 Å². The summed E-state index contributed by atoms with van der Waals surface area (Å²) in [5.74, 6) is 1.70. The summed E-state index contributed by atoms with van der Waals surface area (Å²) in [5.41, 5.74) is 2.51. The molecule has 0 fully saturated rings. The highest BCUT2D eigenvalue weighted by molar-refractivity contribution is 6.30. The molecule has 0 radical (unpaired) electrons. The first-order valence-electron chi connectivity index (χ1n) is 11.7. The normalized spacial score (nSPS) is 11.0. The third-order valence-electron chi connectivity index (χ3n) is 5.50. The molecule has 3 heterocycles. The first-order valence-corrected chi connectivity index (χ1v) is 12.1. The van der Waals surface area contributed by atoms with Crippen molar-refractivity contribution in [1.82, 2.24) is 29.5 Å². The highest BCUT2D eigenvalue weighted by Gasteiger charge is 2.19. The number of nitrogens with zero attached hydrogens (tertiary/aromatic N) is 6. The topological polar surface area (TPSA) is 109 Å². The molecule has 0 unspecified atom stereocenters. The summed E-state index contributed by atoms with van der Waals surface area (Å²) < 4.78 is 14.5. The molecule has 0 aliphatic rings. The summed E-state index contributed by atoms with van der Waals surface area (Å²) in [7, 11) is 0. The summed E-state index contributed by atoms with van der Waals surface area (Å²) in [6, 6.07) is 14.1. The first kappa shape index (κ1) is 24.3. The maximum atomic E-state index is 13.2. The van der Waals surface area contributed by atoms with Gasteiger partial charge in [-0.1, -0.05) is 11.6 Å². The number of carbonyl (C=O) groups excluding carboxylic acids is 1. The maximum absolute atomic E-state index is 13.2. The second-order valence-electron chi connectivity index (χ2n) is 8.03. The van der Waals surface area contributed by atoms with E-state index in [1.54, 1.807) is 52.0 Å². The van der Waals surface area contributed by atoms with Crippen LogP contribution in [0.15, 0.2) is 61.1 Å². The Hall–Kier alpha value is -4.44. The molecule has 0 saturated heterocycles. The van der Waals surface area contributed by atoms with Crippen molar-refractivity contribution < 1.29 is 14.3 Å². The van der Waals surface area contributed by atoms with Crippen molar-refractivity contribution in [2.75, 3.05) is 18.5 Å². The predicted molar refractivity (Wildman–Crippen MR) is 140 cm³/mol. The molecular weight excluding hydrogens is 494 g/mol. The van der Waals surface area contributed by atoms with E-state index in [2.05, 4.69) is 25.5 Å². The number of benzene rings is 2. The zero-order valence-electron chi connectivity index (χ0n) is 20.5. The largest absolute Gasteiger partial charge is 0.490 e. The van der Waals surface area contributed by atoms with Gasteiger partial charge in [0, 0.05) is 16.7 Å². The Kier molecular flexibility index (Phi) is 6.74. The fraction of sp³-hybridized carbons (Fsp3) is 0.192. The Morgan fingerprint density at radius 1 is 0.973 bits per heavy atom. The van der Waals surface area contributed by atoms with Crippen LogP contribution >= 0.6 is 11.6 Å². The lowest BCUT2D eigenvalue weighted by Crippen LogP contribution is -2.16. The fourth-order valence-electron chi connectivity index (χ4n) is 3.90. The highest BCUT2D eigenvalue weighted by Crippen LogP contribution is 2.29. The number of hydrogen-bond donors (Lipinski definition) is 1. The summed E-state index contributed by atoms with van der Waals surface area (Å²) in [6.45, 7) is 6.55. The highest BCUT2D eigenvalue weighted by atomic mass is 35.5. The van der Waals surface area contributed by atoms with Gasteiger partial charge >= 0.3 is 0 Å². The van der Waals surface area contributed by atoms with E-state index in [4.69, 9.17) is 21.1 Å². The van der Waals surface area contributed by atoms with E-state index >= 15 is 0 Å². The maximum Gasteiger partial charge on any atom is 0.256 e. The Morgan fingerprint density at radius 3 is 2.49 bits per heavy atom. The molecule has 0 atom stereocenters. The predicted octanol–water partition coefficient (Wildman–Crippen LogP) is 5.01. The molecule has 0 bridgehead atoms. The Bertz CT molecular complexity index is 1580. The van der Waals surface area contributed by atoms with E-state index in [0.29, 0.717) is 63.7 Å². The summed E-state index contributed by atoms with van der Waals surface area (Å²) in [5, 5.41) is 13.3. The fourth-order valence-corrected chi connectivity index (χ4v) is 4.03. The van der Waals surface area contributed by atoms with Crippen molar-refractivity contribution in [2.24, 2.45) is 0 Å². The van der Waals surface area contributed by atoms with Gasteiger partial charge < -0.3 is 14.8 Å². The van der Waals surface area contributed by atoms with Crippen molar-refractivity contribution in [3.05, 3.63) is 77.3 Å². The molecule has 1 N–H and O–H groups in total. The molecule has 0 saturated carbocycles. The molecule has 188 valence electrons. The SMILES string of the molecule is CCOc1ccc(C(=O)Nc2cc(C)nn2-c2ncnc3c2cnn3-c2ccc(Cl)cc2)cc1OCC. The zero-order valence-corrected chi connectivity index (χ0v) is 21.2. The Labute approximate surface area is 217 Å². The number of amides is 1. The third-order valence-corrected chi connectivity index (χ3v) is 5.75. The molecule has 37 heavy (non-hydrogen) atoms. The van der Waals surface area contributed by atoms with Crippen LogP contribution in [0, 0.1) is 6.92 Å². The molecule has 10 nitrogen and oxygen atoms in total. The molecule has 0 aliphatic heterocycles. The molecule has 3 aromatic heterocycles. The van der Waals surface area contributed by atoms with Gasteiger partial charge in [0.05, 0.1) is 36.2 Å². The van der Waals surface area contributed by atoms with Crippen molar-refractivity contribution in [3.63, 3.8) is 0 Å². The van der Waals surface area contributed by atoms with Crippen LogP contribution in [-0.4, -0.2) is 48.6 Å². The van der Waals surface area contributed by atoms with E-state index in [1.807, 2.05) is 32.9 Å².